The van der Waals surface area contributed by atoms with E-state index in [1.54, 1.807) is 12.1 Å². The molecular weight excluding hydrogens is 261 g/mol. The molecule has 0 saturated heterocycles. The summed E-state index contributed by atoms with van der Waals surface area (Å²) >= 11 is 0. The van der Waals surface area contributed by atoms with Gasteiger partial charge in [0.2, 0.25) is 0 Å². The van der Waals surface area contributed by atoms with Gasteiger partial charge in [0, 0.05) is 13.1 Å². The topological polar surface area (TPSA) is 52.9 Å². The van der Waals surface area contributed by atoms with E-state index < -0.39 is 11.9 Å². The Morgan fingerprint density at radius 1 is 1.30 bits per heavy atom. The molecule has 1 aromatic rings. The van der Waals surface area contributed by atoms with Crippen molar-refractivity contribution in [2.45, 2.75) is 25.9 Å². The lowest BCUT2D eigenvalue weighted by Crippen LogP contribution is -2.29. The van der Waals surface area contributed by atoms with Crippen molar-refractivity contribution in [1.29, 1.82) is 0 Å². The van der Waals surface area contributed by atoms with Crippen LogP contribution in [-0.4, -0.2) is 48.5 Å². The van der Waals surface area contributed by atoms with Crippen molar-refractivity contribution in [1.82, 2.24) is 4.90 Å². The number of aliphatic hydroxyl groups excluding tert-OH is 2. The molecule has 114 valence electrons. The first-order chi connectivity index (χ1) is 9.63. The molecule has 1 aromatic carbocycles. The quantitative estimate of drug-likeness (QED) is 0.728. The zero-order valence-corrected chi connectivity index (χ0v) is 12.2. The maximum Gasteiger partial charge on any atom is 0.132 e. The number of hydrogen-bond acceptors (Lipinski definition) is 4. The van der Waals surface area contributed by atoms with Crippen LogP contribution >= 0.6 is 0 Å². The lowest BCUT2D eigenvalue weighted by Gasteiger charge is -2.23. The van der Waals surface area contributed by atoms with Gasteiger partial charge in [-0.3, -0.25) is 0 Å². The molecule has 0 saturated carbocycles. The summed E-state index contributed by atoms with van der Waals surface area (Å²) < 4.78 is 18.9. The van der Waals surface area contributed by atoms with Gasteiger partial charge in [-0.2, -0.15) is 0 Å². The molecule has 0 spiro atoms. The van der Waals surface area contributed by atoms with Crippen molar-refractivity contribution in [3.8, 4) is 5.75 Å². The van der Waals surface area contributed by atoms with Crippen LogP contribution in [0.15, 0.2) is 18.2 Å². The highest BCUT2D eigenvalue weighted by molar-refractivity contribution is 5.36. The number of nitrogens with zero attached hydrogens (tertiary/aromatic N) is 1. The van der Waals surface area contributed by atoms with Crippen molar-refractivity contribution < 1.29 is 19.3 Å². The summed E-state index contributed by atoms with van der Waals surface area (Å²) in [4.78, 5) is 2.05. The van der Waals surface area contributed by atoms with E-state index >= 15 is 0 Å². The molecule has 20 heavy (non-hydrogen) atoms. The van der Waals surface area contributed by atoms with E-state index in [1.807, 2.05) is 0 Å². The fourth-order valence-corrected chi connectivity index (χ4v) is 2.26. The minimum Gasteiger partial charge on any atom is -0.496 e. The van der Waals surface area contributed by atoms with Crippen LogP contribution in [0.4, 0.5) is 4.39 Å². The number of ether oxygens (including phenoxy) is 1. The molecule has 5 heteroatoms. The van der Waals surface area contributed by atoms with E-state index in [4.69, 9.17) is 9.84 Å². The van der Waals surface area contributed by atoms with Crippen LogP contribution in [0.1, 0.15) is 31.4 Å². The first-order valence-electron chi connectivity index (χ1n) is 6.97. The average molecular weight is 285 g/mol. The third-order valence-electron chi connectivity index (χ3n) is 3.24. The summed E-state index contributed by atoms with van der Waals surface area (Å²) in [5, 5.41) is 19.2. The van der Waals surface area contributed by atoms with Gasteiger partial charge in [-0.05, 0) is 31.5 Å². The summed E-state index contributed by atoms with van der Waals surface area (Å²) in [5.41, 5.74) is 0.204. The van der Waals surface area contributed by atoms with Gasteiger partial charge in [-0.15, -0.1) is 0 Å². The Labute approximate surface area is 119 Å². The first kappa shape index (κ1) is 16.9. The molecule has 1 unspecified atom stereocenters. The van der Waals surface area contributed by atoms with E-state index in [0.717, 1.165) is 13.0 Å². The van der Waals surface area contributed by atoms with E-state index in [9.17, 15) is 9.50 Å². The molecule has 1 rings (SSSR count). The van der Waals surface area contributed by atoms with Gasteiger partial charge in [-0.1, -0.05) is 13.0 Å². The molecule has 0 aliphatic carbocycles. The van der Waals surface area contributed by atoms with E-state index in [2.05, 4.69) is 11.8 Å². The molecular formula is C15H24FNO3. The minimum atomic E-state index is -0.913. The normalized spacial score (nSPS) is 12.7. The molecule has 4 nitrogen and oxygen atoms in total. The molecule has 0 bridgehead atoms. The molecule has 1 atom stereocenters. The van der Waals surface area contributed by atoms with Crippen LogP contribution in [-0.2, 0) is 0 Å². The molecule has 0 aliphatic rings. The van der Waals surface area contributed by atoms with E-state index in [0.29, 0.717) is 25.3 Å². The number of hydrogen-bond donors (Lipinski definition) is 2. The maximum absolute atomic E-state index is 13.8. The molecule has 0 heterocycles. The smallest absolute Gasteiger partial charge is 0.132 e. The fraction of sp³-hybridized carbons (Fsp3) is 0.600. The predicted molar refractivity (Wildman–Crippen MR) is 76.3 cm³/mol. The zero-order valence-electron chi connectivity index (χ0n) is 12.2. The minimum absolute atomic E-state index is 0.0825. The number of methoxy groups -OCH3 is 1. The number of halogens is 1. The van der Waals surface area contributed by atoms with Crippen molar-refractivity contribution in [3.05, 3.63) is 29.6 Å². The van der Waals surface area contributed by atoms with Crippen LogP contribution in [0.5, 0.6) is 5.75 Å². The summed E-state index contributed by atoms with van der Waals surface area (Å²) in [7, 11) is 1.46. The van der Waals surface area contributed by atoms with Gasteiger partial charge in [-0.25, -0.2) is 4.39 Å². The number of rotatable bonds is 9. The maximum atomic E-state index is 13.8. The molecule has 0 radical (unpaired) electrons. The van der Waals surface area contributed by atoms with Gasteiger partial charge in [0.15, 0.2) is 0 Å². The Morgan fingerprint density at radius 3 is 2.65 bits per heavy atom. The Morgan fingerprint density at radius 2 is 2.05 bits per heavy atom. The van der Waals surface area contributed by atoms with Crippen molar-refractivity contribution in [2.75, 3.05) is 33.4 Å². The highest BCUT2D eigenvalue weighted by atomic mass is 19.1. The van der Waals surface area contributed by atoms with Crippen LogP contribution in [0, 0.1) is 5.82 Å². The number of benzene rings is 1. The highest BCUT2D eigenvalue weighted by Gasteiger charge is 2.18. The van der Waals surface area contributed by atoms with E-state index in [-0.39, 0.29) is 12.2 Å². The first-order valence-corrected chi connectivity index (χ1v) is 6.97. The molecule has 2 N–H and O–H groups in total. The summed E-state index contributed by atoms with van der Waals surface area (Å²) in [6.45, 7) is 4.16. The zero-order chi connectivity index (χ0) is 15.0. The van der Waals surface area contributed by atoms with Gasteiger partial charge in [0.1, 0.15) is 11.6 Å². The highest BCUT2D eigenvalue weighted by Crippen LogP contribution is 2.29. The van der Waals surface area contributed by atoms with Gasteiger partial charge in [0.05, 0.1) is 25.4 Å². The SMILES string of the molecule is CCCN(CCO)CCC(O)c1c(F)cccc1OC. The van der Waals surface area contributed by atoms with Gasteiger partial charge in [0.25, 0.3) is 0 Å². The Bertz CT molecular complexity index is 395. The predicted octanol–water partition coefficient (Wildman–Crippen LogP) is 1.96. The second kappa shape index (κ2) is 8.89. The summed E-state index contributed by atoms with van der Waals surface area (Å²) in [6, 6.07) is 4.51. The number of aliphatic hydroxyl groups is 2. The third-order valence-corrected chi connectivity index (χ3v) is 3.24. The van der Waals surface area contributed by atoms with Crippen molar-refractivity contribution in [2.24, 2.45) is 0 Å². The third kappa shape index (κ3) is 4.74. The largest absolute Gasteiger partial charge is 0.496 e. The van der Waals surface area contributed by atoms with Crippen LogP contribution in [0.3, 0.4) is 0 Å². The lowest BCUT2D eigenvalue weighted by atomic mass is 10.0. The van der Waals surface area contributed by atoms with Crippen molar-refractivity contribution >= 4 is 0 Å². The standard InChI is InChI=1S/C15H24FNO3/c1-3-8-17(10-11-18)9-7-13(19)15-12(16)5-4-6-14(15)20-2/h4-6,13,18-19H,3,7-11H2,1-2H3. The Balaban J connectivity index is 2.68. The molecule has 0 aliphatic heterocycles. The Hall–Kier alpha value is -1.17. The second-order valence-corrected chi connectivity index (χ2v) is 4.73. The fourth-order valence-electron chi connectivity index (χ4n) is 2.26. The van der Waals surface area contributed by atoms with E-state index in [1.165, 1.54) is 13.2 Å². The monoisotopic (exact) mass is 285 g/mol. The summed E-state index contributed by atoms with van der Waals surface area (Å²) in [5.74, 6) is -0.0947. The molecule has 0 fully saturated rings. The summed E-state index contributed by atoms with van der Waals surface area (Å²) in [6.07, 6.45) is 0.459. The second-order valence-electron chi connectivity index (χ2n) is 4.73. The van der Waals surface area contributed by atoms with Gasteiger partial charge >= 0.3 is 0 Å². The molecule has 0 aromatic heterocycles. The van der Waals surface area contributed by atoms with Crippen LogP contribution in [0.2, 0.25) is 0 Å². The van der Waals surface area contributed by atoms with Crippen LogP contribution < -0.4 is 4.74 Å². The lowest BCUT2D eigenvalue weighted by molar-refractivity contribution is 0.125. The van der Waals surface area contributed by atoms with Gasteiger partial charge < -0.3 is 19.8 Å². The van der Waals surface area contributed by atoms with Crippen LogP contribution in [0.25, 0.3) is 0 Å². The average Bonchev–Trinajstić information content (AvgIpc) is 2.44. The van der Waals surface area contributed by atoms with Crippen molar-refractivity contribution in [3.63, 3.8) is 0 Å². The Kier molecular flexibility index (Phi) is 7.51. The molecule has 0 amide bonds.